The summed E-state index contributed by atoms with van der Waals surface area (Å²) in [6, 6.07) is 7.28. The number of hydrogen-bond donors (Lipinski definition) is 1. The highest BCUT2D eigenvalue weighted by atomic mass is 35.5. The molecule has 0 saturated carbocycles. The zero-order chi connectivity index (χ0) is 19.2. The molecule has 0 spiro atoms. The van der Waals surface area contributed by atoms with Crippen molar-refractivity contribution in [2.24, 2.45) is 0 Å². The van der Waals surface area contributed by atoms with Crippen LogP contribution in [0.1, 0.15) is 17.3 Å². The molecule has 0 atom stereocenters. The molecule has 8 heteroatoms. The maximum Gasteiger partial charge on any atom is 0.341 e. The standard InChI is InChI=1S/C19H21ClN2O4S/c1-2-26-19(24)17-14(13-5-3-4-6-15(13)20)12-27-18(17)21-16(23)11-22-7-9-25-10-8-22/h3-6,12H,2,7-11H2,1H3,(H,21,23). The first kappa shape index (κ1) is 19.8. The normalized spacial score (nSPS) is 14.7. The van der Waals surface area contributed by atoms with Crippen molar-refractivity contribution in [3.8, 4) is 11.1 Å². The van der Waals surface area contributed by atoms with Crippen LogP contribution in [-0.2, 0) is 14.3 Å². The van der Waals surface area contributed by atoms with E-state index in [1.165, 1.54) is 11.3 Å². The van der Waals surface area contributed by atoms with E-state index < -0.39 is 5.97 Å². The second kappa shape index (κ2) is 9.32. The van der Waals surface area contributed by atoms with Gasteiger partial charge in [-0.05, 0) is 13.0 Å². The number of anilines is 1. The van der Waals surface area contributed by atoms with Gasteiger partial charge in [0.05, 0.1) is 26.4 Å². The summed E-state index contributed by atoms with van der Waals surface area (Å²) in [6.07, 6.45) is 0. The van der Waals surface area contributed by atoms with Crippen molar-refractivity contribution >= 4 is 39.8 Å². The number of nitrogens with zero attached hydrogens (tertiary/aromatic N) is 1. The average molecular weight is 409 g/mol. The molecule has 1 fully saturated rings. The number of carbonyl (C=O) groups is 2. The molecule has 0 unspecified atom stereocenters. The Kier molecular flexibility index (Phi) is 6.84. The number of thiophene rings is 1. The zero-order valence-corrected chi connectivity index (χ0v) is 16.6. The van der Waals surface area contributed by atoms with Crippen LogP contribution < -0.4 is 5.32 Å². The molecule has 2 aromatic rings. The highest BCUT2D eigenvalue weighted by molar-refractivity contribution is 7.15. The molecule has 1 aromatic carbocycles. The lowest BCUT2D eigenvalue weighted by Gasteiger charge is -2.25. The van der Waals surface area contributed by atoms with Crippen molar-refractivity contribution in [3.63, 3.8) is 0 Å². The predicted octanol–water partition coefficient (Wildman–Crippen LogP) is 3.52. The van der Waals surface area contributed by atoms with Crippen LogP contribution in [0.15, 0.2) is 29.6 Å². The summed E-state index contributed by atoms with van der Waals surface area (Å²) >= 11 is 7.59. The van der Waals surface area contributed by atoms with E-state index in [0.717, 1.165) is 5.56 Å². The second-order valence-corrected chi connectivity index (χ2v) is 7.28. The third-order valence-electron chi connectivity index (χ3n) is 4.16. The van der Waals surface area contributed by atoms with E-state index in [2.05, 4.69) is 5.32 Å². The van der Waals surface area contributed by atoms with Crippen molar-refractivity contribution < 1.29 is 19.1 Å². The van der Waals surface area contributed by atoms with E-state index in [9.17, 15) is 9.59 Å². The van der Waals surface area contributed by atoms with Crippen molar-refractivity contribution in [1.82, 2.24) is 4.90 Å². The molecule has 0 radical (unpaired) electrons. The summed E-state index contributed by atoms with van der Waals surface area (Å²) in [5.41, 5.74) is 1.73. The quantitative estimate of drug-likeness (QED) is 0.741. The first-order valence-corrected chi connectivity index (χ1v) is 9.99. The van der Waals surface area contributed by atoms with Gasteiger partial charge in [-0.3, -0.25) is 9.69 Å². The largest absolute Gasteiger partial charge is 0.462 e. The number of ether oxygens (including phenoxy) is 2. The molecule has 1 aliphatic rings. The summed E-state index contributed by atoms with van der Waals surface area (Å²) in [7, 11) is 0. The molecule has 3 rings (SSSR count). The molecule has 27 heavy (non-hydrogen) atoms. The van der Waals surface area contributed by atoms with Crippen LogP contribution in [0.4, 0.5) is 5.00 Å². The third kappa shape index (κ3) is 4.87. The fourth-order valence-electron chi connectivity index (χ4n) is 2.86. The maximum atomic E-state index is 12.6. The summed E-state index contributed by atoms with van der Waals surface area (Å²) in [6.45, 7) is 4.92. The fourth-order valence-corrected chi connectivity index (χ4v) is 4.06. The number of hydrogen-bond acceptors (Lipinski definition) is 6. The lowest BCUT2D eigenvalue weighted by Crippen LogP contribution is -2.41. The number of rotatable bonds is 6. The molecule has 1 saturated heterocycles. The number of amides is 1. The Morgan fingerprint density at radius 2 is 2.00 bits per heavy atom. The first-order chi connectivity index (χ1) is 13.1. The minimum Gasteiger partial charge on any atom is -0.462 e. The minimum atomic E-state index is -0.477. The van der Waals surface area contributed by atoms with Crippen molar-refractivity contribution in [2.75, 3.05) is 44.8 Å². The average Bonchev–Trinajstić information content (AvgIpc) is 3.06. The minimum absolute atomic E-state index is 0.171. The highest BCUT2D eigenvalue weighted by Crippen LogP contribution is 2.39. The molecule has 6 nitrogen and oxygen atoms in total. The van der Waals surface area contributed by atoms with Gasteiger partial charge in [0.15, 0.2) is 0 Å². The van der Waals surface area contributed by atoms with Gasteiger partial charge in [-0.1, -0.05) is 29.8 Å². The van der Waals surface area contributed by atoms with Gasteiger partial charge in [0.25, 0.3) is 0 Å². The van der Waals surface area contributed by atoms with Crippen LogP contribution in [0.25, 0.3) is 11.1 Å². The van der Waals surface area contributed by atoms with Gasteiger partial charge in [-0.25, -0.2) is 4.79 Å². The van der Waals surface area contributed by atoms with Crippen molar-refractivity contribution in [2.45, 2.75) is 6.92 Å². The van der Waals surface area contributed by atoms with E-state index in [1.54, 1.807) is 13.0 Å². The summed E-state index contributed by atoms with van der Waals surface area (Å²) in [4.78, 5) is 27.0. The monoisotopic (exact) mass is 408 g/mol. The molecule has 1 aliphatic heterocycles. The van der Waals surface area contributed by atoms with Crippen LogP contribution >= 0.6 is 22.9 Å². The van der Waals surface area contributed by atoms with E-state index in [4.69, 9.17) is 21.1 Å². The van der Waals surface area contributed by atoms with Gasteiger partial charge in [-0.2, -0.15) is 0 Å². The smallest absolute Gasteiger partial charge is 0.341 e. The fraction of sp³-hybridized carbons (Fsp3) is 0.368. The van der Waals surface area contributed by atoms with Crippen LogP contribution in [0.3, 0.4) is 0 Å². The third-order valence-corrected chi connectivity index (χ3v) is 5.38. The Labute approximate surface area is 167 Å². The maximum absolute atomic E-state index is 12.6. The van der Waals surface area contributed by atoms with Crippen molar-refractivity contribution in [3.05, 3.63) is 40.2 Å². The number of nitrogens with one attached hydrogen (secondary N) is 1. The second-order valence-electron chi connectivity index (χ2n) is 5.99. The topological polar surface area (TPSA) is 67.9 Å². The molecular formula is C19H21ClN2O4S. The molecule has 0 aliphatic carbocycles. The van der Waals surface area contributed by atoms with Crippen LogP contribution in [0.2, 0.25) is 5.02 Å². The number of benzene rings is 1. The molecular weight excluding hydrogens is 388 g/mol. The lowest BCUT2D eigenvalue weighted by molar-refractivity contribution is -0.118. The van der Waals surface area contributed by atoms with E-state index in [1.807, 2.05) is 28.5 Å². The molecule has 1 N–H and O–H groups in total. The van der Waals surface area contributed by atoms with Gasteiger partial charge in [0.2, 0.25) is 5.91 Å². The predicted molar refractivity (Wildman–Crippen MR) is 107 cm³/mol. The molecule has 144 valence electrons. The number of carbonyl (C=O) groups excluding carboxylic acids is 2. The Bertz CT molecular complexity index is 818. The van der Waals surface area contributed by atoms with E-state index >= 15 is 0 Å². The molecule has 1 aromatic heterocycles. The Morgan fingerprint density at radius 1 is 1.26 bits per heavy atom. The lowest BCUT2D eigenvalue weighted by atomic mass is 10.0. The summed E-state index contributed by atoms with van der Waals surface area (Å²) < 4.78 is 10.5. The molecule has 2 heterocycles. The zero-order valence-electron chi connectivity index (χ0n) is 15.0. The summed E-state index contributed by atoms with van der Waals surface area (Å²) in [5, 5.41) is 5.69. The summed E-state index contributed by atoms with van der Waals surface area (Å²) in [5.74, 6) is -0.648. The number of halogens is 1. The Morgan fingerprint density at radius 3 is 2.70 bits per heavy atom. The van der Waals surface area contributed by atoms with Crippen LogP contribution in [0.5, 0.6) is 0 Å². The first-order valence-electron chi connectivity index (χ1n) is 8.73. The van der Waals surface area contributed by atoms with Gasteiger partial charge in [-0.15, -0.1) is 11.3 Å². The van der Waals surface area contributed by atoms with Crippen LogP contribution in [-0.4, -0.2) is 56.2 Å². The molecule has 0 bridgehead atoms. The van der Waals surface area contributed by atoms with Gasteiger partial charge < -0.3 is 14.8 Å². The van der Waals surface area contributed by atoms with Gasteiger partial charge >= 0.3 is 5.97 Å². The molecule has 1 amide bonds. The number of esters is 1. The van der Waals surface area contributed by atoms with Crippen molar-refractivity contribution in [1.29, 1.82) is 0 Å². The van der Waals surface area contributed by atoms with Gasteiger partial charge in [0, 0.05) is 34.6 Å². The Hall–Kier alpha value is -1.93. The Balaban J connectivity index is 1.85. The van der Waals surface area contributed by atoms with E-state index in [-0.39, 0.29) is 19.1 Å². The van der Waals surface area contributed by atoms with Gasteiger partial charge in [0.1, 0.15) is 10.6 Å². The number of morpholine rings is 1. The highest BCUT2D eigenvalue weighted by Gasteiger charge is 2.24. The van der Waals surface area contributed by atoms with E-state index in [0.29, 0.717) is 47.5 Å². The van der Waals surface area contributed by atoms with Crippen LogP contribution in [0, 0.1) is 0 Å². The SMILES string of the molecule is CCOC(=O)c1c(-c2ccccc2Cl)csc1NC(=O)CN1CCOCC1.